The molecule has 14 heavy (non-hydrogen) atoms. The molecule has 0 radical (unpaired) electrons. The van der Waals surface area contributed by atoms with Crippen molar-refractivity contribution in [2.24, 2.45) is 0 Å². The Bertz CT molecular complexity index is 355. The first-order valence-electron chi connectivity index (χ1n) is 4.50. The summed E-state index contributed by atoms with van der Waals surface area (Å²) in [6.45, 7) is 0. The second-order valence-corrected chi connectivity index (χ2v) is 4.23. The maximum atomic E-state index is 8.65. The third kappa shape index (κ3) is 2.18. The normalized spacial score (nSPS) is 20.4. The molecule has 0 N–H and O–H groups in total. The molecule has 1 fully saturated rings. The van der Waals surface area contributed by atoms with Gasteiger partial charge >= 0.3 is 0 Å². The average Bonchev–Trinajstić information content (AvgIpc) is 2.71. The van der Waals surface area contributed by atoms with E-state index in [1.165, 1.54) is 0 Å². The van der Waals surface area contributed by atoms with Crippen LogP contribution in [0.15, 0.2) is 18.2 Å². The van der Waals surface area contributed by atoms with Crippen molar-refractivity contribution in [1.29, 1.82) is 5.26 Å². The third-order valence-electron chi connectivity index (χ3n) is 2.01. The molecule has 0 bridgehead atoms. The fourth-order valence-electron chi connectivity index (χ4n) is 1.32. The molecule has 3 nitrogen and oxygen atoms in total. The SMILES string of the molecule is N#Cc1cccc(OC2CCSC2)n1. The van der Waals surface area contributed by atoms with E-state index >= 15 is 0 Å². The summed E-state index contributed by atoms with van der Waals surface area (Å²) in [6.07, 6.45) is 1.34. The lowest BCUT2D eigenvalue weighted by molar-refractivity contribution is 0.220. The second-order valence-electron chi connectivity index (χ2n) is 3.08. The van der Waals surface area contributed by atoms with Crippen molar-refractivity contribution in [2.45, 2.75) is 12.5 Å². The van der Waals surface area contributed by atoms with Crippen LogP contribution in [0.4, 0.5) is 0 Å². The van der Waals surface area contributed by atoms with E-state index in [0.717, 1.165) is 17.9 Å². The molecule has 0 aliphatic carbocycles. The van der Waals surface area contributed by atoms with Gasteiger partial charge < -0.3 is 4.74 Å². The van der Waals surface area contributed by atoms with Gasteiger partial charge in [-0.15, -0.1) is 0 Å². The summed E-state index contributed by atoms with van der Waals surface area (Å²) in [4.78, 5) is 4.06. The predicted molar refractivity (Wildman–Crippen MR) is 55.3 cm³/mol. The molecule has 2 rings (SSSR count). The number of ether oxygens (including phenoxy) is 1. The van der Waals surface area contributed by atoms with Crippen LogP contribution in [0.1, 0.15) is 12.1 Å². The van der Waals surface area contributed by atoms with Crippen molar-refractivity contribution < 1.29 is 4.74 Å². The highest BCUT2D eigenvalue weighted by Crippen LogP contribution is 2.21. The van der Waals surface area contributed by atoms with Crippen molar-refractivity contribution in [2.75, 3.05) is 11.5 Å². The lowest BCUT2D eigenvalue weighted by atomic mass is 10.3. The monoisotopic (exact) mass is 206 g/mol. The molecule has 1 aliphatic heterocycles. The van der Waals surface area contributed by atoms with Gasteiger partial charge in [0.05, 0.1) is 0 Å². The van der Waals surface area contributed by atoms with Gasteiger partial charge in [0, 0.05) is 11.8 Å². The van der Waals surface area contributed by atoms with Crippen molar-refractivity contribution in [3.05, 3.63) is 23.9 Å². The maximum Gasteiger partial charge on any atom is 0.214 e. The zero-order valence-electron chi connectivity index (χ0n) is 7.64. The number of rotatable bonds is 2. The van der Waals surface area contributed by atoms with Crippen LogP contribution in [-0.4, -0.2) is 22.6 Å². The zero-order chi connectivity index (χ0) is 9.80. The summed E-state index contributed by atoms with van der Waals surface area (Å²) in [7, 11) is 0. The van der Waals surface area contributed by atoms with E-state index in [0.29, 0.717) is 11.6 Å². The molecule has 1 unspecified atom stereocenters. The molecular weight excluding hydrogens is 196 g/mol. The van der Waals surface area contributed by atoms with Gasteiger partial charge in [0.2, 0.25) is 5.88 Å². The average molecular weight is 206 g/mol. The fourth-order valence-corrected chi connectivity index (χ4v) is 2.41. The number of nitrogens with zero attached hydrogens (tertiary/aromatic N) is 2. The van der Waals surface area contributed by atoms with Crippen LogP contribution in [0.3, 0.4) is 0 Å². The largest absolute Gasteiger partial charge is 0.473 e. The van der Waals surface area contributed by atoms with Gasteiger partial charge in [-0.05, 0) is 18.2 Å². The van der Waals surface area contributed by atoms with E-state index < -0.39 is 0 Å². The summed E-state index contributed by atoms with van der Waals surface area (Å²) < 4.78 is 5.63. The first-order chi connectivity index (χ1) is 6.88. The lowest BCUT2D eigenvalue weighted by Gasteiger charge is -2.10. The van der Waals surface area contributed by atoms with Gasteiger partial charge in [-0.2, -0.15) is 17.0 Å². The number of hydrogen-bond acceptors (Lipinski definition) is 4. The fraction of sp³-hybridized carbons (Fsp3) is 0.400. The Kier molecular flexibility index (Phi) is 2.90. The van der Waals surface area contributed by atoms with Crippen molar-refractivity contribution >= 4 is 11.8 Å². The molecule has 2 heterocycles. The number of pyridine rings is 1. The van der Waals surface area contributed by atoms with Gasteiger partial charge in [-0.1, -0.05) is 6.07 Å². The number of thioether (sulfide) groups is 1. The van der Waals surface area contributed by atoms with E-state index in [-0.39, 0.29) is 6.10 Å². The van der Waals surface area contributed by atoms with Crippen LogP contribution >= 0.6 is 11.8 Å². The number of aromatic nitrogens is 1. The van der Waals surface area contributed by atoms with Gasteiger partial charge in [0.25, 0.3) is 0 Å². The molecule has 4 heteroatoms. The first kappa shape index (κ1) is 9.35. The highest BCUT2D eigenvalue weighted by Gasteiger charge is 2.17. The standard InChI is InChI=1S/C10H10N2OS/c11-6-8-2-1-3-10(12-8)13-9-4-5-14-7-9/h1-3,9H,4-5,7H2. The molecule has 1 aromatic heterocycles. The smallest absolute Gasteiger partial charge is 0.214 e. The van der Waals surface area contributed by atoms with E-state index in [2.05, 4.69) is 4.98 Å². The Hall–Kier alpha value is -1.21. The number of hydrogen-bond donors (Lipinski definition) is 0. The molecule has 1 aromatic rings. The number of nitriles is 1. The zero-order valence-corrected chi connectivity index (χ0v) is 8.46. The van der Waals surface area contributed by atoms with Crippen LogP contribution in [0.2, 0.25) is 0 Å². The first-order valence-corrected chi connectivity index (χ1v) is 5.65. The molecule has 0 saturated carbocycles. The van der Waals surface area contributed by atoms with Crippen molar-refractivity contribution in [1.82, 2.24) is 4.98 Å². The summed E-state index contributed by atoms with van der Waals surface area (Å²) in [5.74, 6) is 2.75. The minimum Gasteiger partial charge on any atom is -0.473 e. The van der Waals surface area contributed by atoms with Gasteiger partial charge in [-0.3, -0.25) is 0 Å². The molecule has 1 atom stereocenters. The third-order valence-corrected chi connectivity index (χ3v) is 3.15. The van der Waals surface area contributed by atoms with Crippen LogP contribution in [0.5, 0.6) is 5.88 Å². The molecule has 0 amide bonds. The molecular formula is C10H10N2OS. The summed E-state index contributed by atoms with van der Waals surface area (Å²) in [5, 5.41) is 8.65. The Morgan fingerprint density at radius 2 is 2.50 bits per heavy atom. The topological polar surface area (TPSA) is 45.9 Å². The second kappa shape index (κ2) is 4.34. The van der Waals surface area contributed by atoms with Crippen LogP contribution in [0, 0.1) is 11.3 Å². The van der Waals surface area contributed by atoms with Crippen molar-refractivity contribution in [3.8, 4) is 11.9 Å². The van der Waals surface area contributed by atoms with Gasteiger partial charge in [0.1, 0.15) is 17.9 Å². The molecule has 1 aliphatic rings. The maximum absolute atomic E-state index is 8.65. The quantitative estimate of drug-likeness (QED) is 0.740. The predicted octanol–water partition coefficient (Wildman–Crippen LogP) is 1.84. The highest BCUT2D eigenvalue weighted by atomic mass is 32.2. The van der Waals surface area contributed by atoms with E-state index in [9.17, 15) is 0 Å². The Morgan fingerprint density at radius 1 is 1.57 bits per heavy atom. The van der Waals surface area contributed by atoms with E-state index in [1.807, 2.05) is 17.8 Å². The molecule has 0 spiro atoms. The minimum absolute atomic E-state index is 0.265. The van der Waals surface area contributed by atoms with E-state index in [4.69, 9.17) is 10.00 Å². The van der Waals surface area contributed by atoms with Gasteiger partial charge in [-0.25, -0.2) is 4.98 Å². The summed E-state index contributed by atoms with van der Waals surface area (Å²) in [6, 6.07) is 7.26. The lowest BCUT2D eigenvalue weighted by Crippen LogP contribution is -2.15. The summed E-state index contributed by atoms with van der Waals surface area (Å²) >= 11 is 1.89. The molecule has 0 aromatic carbocycles. The van der Waals surface area contributed by atoms with E-state index in [1.54, 1.807) is 18.2 Å². The molecule has 1 saturated heterocycles. The Morgan fingerprint density at radius 3 is 3.21 bits per heavy atom. The Balaban J connectivity index is 2.05. The van der Waals surface area contributed by atoms with Crippen LogP contribution in [0.25, 0.3) is 0 Å². The van der Waals surface area contributed by atoms with Gasteiger partial charge in [0.15, 0.2) is 0 Å². The van der Waals surface area contributed by atoms with Crippen LogP contribution < -0.4 is 4.74 Å². The molecule has 72 valence electrons. The summed E-state index contributed by atoms with van der Waals surface area (Å²) in [5.41, 5.74) is 0.410. The van der Waals surface area contributed by atoms with Crippen molar-refractivity contribution in [3.63, 3.8) is 0 Å². The Labute approximate surface area is 87.1 Å². The van der Waals surface area contributed by atoms with Crippen LogP contribution in [-0.2, 0) is 0 Å². The highest BCUT2D eigenvalue weighted by molar-refractivity contribution is 7.99. The minimum atomic E-state index is 0.265.